The molecule has 1 saturated heterocycles. The number of carbonyl (C=O) groups excluding carboxylic acids is 5. The van der Waals surface area contributed by atoms with Crippen LogP contribution in [0.5, 0.6) is 5.75 Å². The van der Waals surface area contributed by atoms with Crippen LogP contribution < -0.4 is 25.4 Å². The standard InChI is InChI=1S/C40H58N6O10S/c1-25(2)41-17-18-54-29-14-13-26-22-45(23-27(26)19-29)38(51)55-30-20-33-34(47)43-40(36(49)44-57(52,53)31-15-16-31)21-28(40)11-9-7-6-8-10-12-32(35(48)46(33)24-30)42-37(50)56-39(3,4)5/h9,11,13-14,19,25,28,30-33,41H,6-8,10,12,15-18,20-24H2,1-5H3,(H,42,50)(H,43,47)(H,44,49)/t28-,30-,32+,33?,40-/m1/s1. The number of sulfonamides is 1. The van der Waals surface area contributed by atoms with Crippen molar-refractivity contribution in [2.75, 3.05) is 19.7 Å². The summed E-state index contributed by atoms with van der Waals surface area (Å²) in [5.74, 6) is -1.83. The van der Waals surface area contributed by atoms with Crippen molar-refractivity contribution in [2.45, 2.75) is 146 Å². The molecule has 3 fully saturated rings. The summed E-state index contributed by atoms with van der Waals surface area (Å²) in [5, 5.41) is 8.20. The Hall–Kier alpha value is -4.38. The number of amides is 5. The SMILES string of the molecule is CC(C)NCCOc1ccc2c(c1)CN(C(=O)O[C@@H]1CC3C(=O)N[C@]4(C(=O)NS(=O)(=O)C5CC5)C[C@H]4C=CCCCCC[C@H](NC(=O)OC(C)(C)C)C(=O)N3C1)C2. The quantitative estimate of drug-likeness (QED) is 0.199. The number of allylic oxidation sites excluding steroid dienone is 1. The summed E-state index contributed by atoms with van der Waals surface area (Å²) >= 11 is 0. The van der Waals surface area contributed by atoms with Gasteiger partial charge >= 0.3 is 12.2 Å². The van der Waals surface area contributed by atoms with E-state index in [0.717, 1.165) is 24.0 Å². The van der Waals surface area contributed by atoms with Crippen LogP contribution in [0.2, 0.25) is 0 Å². The van der Waals surface area contributed by atoms with Crippen LogP contribution in [0.1, 0.15) is 104 Å². The van der Waals surface area contributed by atoms with Gasteiger partial charge in [0.05, 0.1) is 11.8 Å². The lowest BCUT2D eigenvalue weighted by atomic mass is 10.0. The van der Waals surface area contributed by atoms with Gasteiger partial charge in [-0.15, -0.1) is 0 Å². The van der Waals surface area contributed by atoms with Crippen LogP contribution in [0.4, 0.5) is 9.59 Å². The monoisotopic (exact) mass is 814 g/mol. The van der Waals surface area contributed by atoms with E-state index in [9.17, 15) is 32.4 Å². The number of alkyl carbamates (subject to hydrolysis) is 1. The summed E-state index contributed by atoms with van der Waals surface area (Å²) in [4.78, 5) is 71.9. The number of hydrogen-bond donors (Lipinski definition) is 4. The lowest BCUT2D eigenvalue weighted by Gasteiger charge is -2.30. The molecule has 0 bridgehead atoms. The highest BCUT2D eigenvalue weighted by Gasteiger charge is 2.62. The minimum atomic E-state index is -3.91. The molecule has 4 N–H and O–H groups in total. The summed E-state index contributed by atoms with van der Waals surface area (Å²) in [6, 6.07) is 3.79. The van der Waals surface area contributed by atoms with E-state index in [2.05, 4.69) is 34.5 Å². The summed E-state index contributed by atoms with van der Waals surface area (Å²) in [6.07, 6.45) is 5.53. The van der Waals surface area contributed by atoms with Crippen molar-refractivity contribution < 1.29 is 46.6 Å². The topological polar surface area (TPSA) is 202 Å². The first-order chi connectivity index (χ1) is 26.9. The highest BCUT2D eigenvalue weighted by molar-refractivity contribution is 7.91. The van der Waals surface area contributed by atoms with Crippen LogP contribution >= 0.6 is 0 Å². The van der Waals surface area contributed by atoms with Crippen molar-refractivity contribution in [2.24, 2.45) is 5.92 Å². The fourth-order valence-electron chi connectivity index (χ4n) is 7.62. The van der Waals surface area contributed by atoms with Crippen LogP contribution in [-0.4, -0.2) is 108 Å². The Morgan fingerprint density at radius 1 is 1.04 bits per heavy atom. The largest absolute Gasteiger partial charge is 0.492 e. The second kappa shape index (κ2) is 17.2. The van der Waals surface area contributed by atoms with Crippen molar-refractivity contribution in [1.82, 2.24) is 30.5 Å². The Morgan fingerprint density at radius 3 is 2.51 bits per heavy atom. The smallest absolute Gasteiger partial charge is 0.410 e. The average Bonchev–Trinajstić information content (AvgIpc) is 4.01. The zero-order valence-electron chi connectivity index (χ0n) is 33.6. The number of ether oxygens (including phenoxy) is 3. The normalized spacial score (nSPS) is 26.6. The highest BCUT2D eigenvalue weighted by Crippen LogP contribution is 2.46. The van der Waals surface area contributed by atoms with Gasteiger partial charge in [0.25, 0.3) is 5.91 Å². The number of fused-ring (bicyclic) bond motifs is 3. The Bertz CT molecular complexity index is 1840. The molecule has 17 heteroatoms. The predicted molar refractivity (Wildman–Crippen MR) is 209 cm³/mol. The molecule has 0 aromatic heterocycles. The van der Waals surface area contributed by atoms with E-state index in [1.807, 2.05) is 30.4 Å². The van der Waals surface area contributed by atoms with E-state index < -0.39 is 80.4 Å². The van der Waals surface area contributed by atoms with E-state index >= 15 is 0 Å². The van der Waals surface area contributed by atoms with Gasteiger partial charge in [-0.1, -0.05) is 44.9 Å². The van der Waals surface area contributed by atoms with Crippen LogP contribution in [0.15, 0.2) is 30.4 Å². The number of carbonyl (C=O) groups is 5. The van der Waals surface area contributed by atoms with E-state index in [1.165, 1.54) is 4.90 Å². The Kier molecular flexibility index (Phi) is 12.8. The lowest BCUT2D eigenvalue weighted by Crippen LogP contribution is -2.58. The van der Waals surface area contributed by atoms with Gasteiger partial charge in [0.2, 0.25) is 21.8 Å². The van der Waals surface area contributed by atoms with Gasteiger partial charge < -0.3 is 35.1 Å². The Balaban J connectivity index is 1.19. The van der Waals surface area contributed by atoms with Gasteiger partial charge in [0, 0.05) is 38.0 Å². The van der Waals surface area contributed by atoms with Crippen molar-refractivity contribution in [3.05, 3.63) is 41.5 Å². The van der Waals surface area contributed by atoms with Gasteiger partial charge in [0.1, 0.15) is 41.7 Å². The number of rotatable bonds is 10. The molecule has 0 spiro atoms. The number of benzene rings is 1. The molecule has 1 unspecified atom stereocenters. The highest BCUT2D eigenvalue weighted by atomic mass is 32.2. The molecule has 0 radical (unpaired) electrons. The van der Waals surface area contributed by atoms with E-state index in [4.69, 9.17) is 14.2 Å². The summed E-state index contributed by atoms with van der Waals surface area (Å²) in [7, 11) is -3.91. The number of nitrogens with one attached hydrogen (secondary N) is 4. The van der Waals surface area contributed by atoms with E-state index in [0.29, 0.717) is 57.2 Å². The molecule has 57 heavy (non-hydrogen) atoms. The minimum absolute atomic E-state index is 0.0791. The maximum absolute atomic E-state index is 14.4. The molecule has 5 amide bonds. The van der Waals surface area contributed by atoms with Crippen LogP contribution in [0.3, 0.4) is 0 Å². The summed E-state index contributed by atoms with van der Waals surface area (Å²) in [6.45, 7) is 10.9. The summed E-state index contributed by atoms with van der Waals surface area (Å²) < 4.78 is 45.2. The molecule has 1 aromatic rings. The average molecular weight is 815 g/mol. The van der Waals surface area contributed by atoms with Gasteiger partial charge in [0.15, 0.2) is 0 Å². The molecule has 5 atom stereocenters. The zero-order valence-corrected chi connectivity index (χ0v) is 34.5. The molecule has 3 heterocycles. The predicted octanol–water partition coefficient (Wildman–Crippen LogP) is 3.38. The molecule has 16 nitrogen and oxygen atoms in total. The third-order valence-electron chi connectivity index (χ3n) is 10.9. The fraction of sp³-hybridized carbons (Fsp3) is 0.675. The zero-order chi connectivity index (χ0) is 41.1. The maximum atomic E-state index is 14.4. The first-order valence-electron chi connectivity index (χ1n) is 20.2. The van der Waals surface area contributed by atoms with Crippen LogP contribution in [0.25, 0.3) is 0 Å². The lowest BCUT2D eigenvalue weighted by molar-refractivity contribution is -0.141. The van der Waals surface area contributed by atoms with Crippen LogP contribution in [-0.2, 0) is 47.0 Å². The maximum Gasteiger partial charge on any atom is 0.410 e. The Morgan fingerprint density at radius 2 is 1.79 bits per heavy atom. The van der Waals surface area contributed by atoms with Gasteiger partial charge in [-0.3, -0.25) is 24.0 Å². The Labute approximate surface area is 335 Å². The molecule has 6 rings (SSSR count). The fourth-order valence-corrected chi connectivity index (χ4v) is 8.98. The second-order valence-corrected chi connectivity index (χ2v) is 19.2. The molecule has 1 aromatic carbocycles. The van der Waals surface area contributed by atoms with Gasteiger partial charge in [-0.2, -0.15) is 0 Å². The molecule has 2 saturated carbocycles. The first kappa shape index (κ1) is 42.2. The molecule has 2 aliphatic carbocycles. The molecule has 314 valence electrons. The van der Waals surface area contributed by atoms with Crippen LogP contribution in [0, 0.1) is 5.92 Å². The van der Waals surface area contributed by atoms with Crippen molar-refractivity contribution in [3.63, 3.8) is 0 Å². The third-order valence-corrected chi connectivity index (χ3v) is 12.7. The minimum Gasteiger partial charge on any atom is -0.492 e. The van der Waals surface area contributed by atoms with E-state index in [-0.39, 0.29) is 32.4 Å². The van der Waals surface area contributed by atoms with Crippen molar-refractivity contribution in [3.8, 4) is 5.75 Å². The van der Waals surface area contributed by atoms with E-state index in [1.54, 1.807) is 25.7 Å². The van der Waals surface area contributed by atoms with Gasteiger partial charge in [-0.05, 0) is 82.6 Å². The van der Waals surface area contributed by atoms with Crippen molar-refractivity contribution in [1.29, 1.82) is 0 Å². The first-order valence-corrected chi connectivity index (χ1v) is 21.8. The molecular weight excluding hydrogens is 757 g/mol. The molecule has 5 aliphatic rings. The van der Waals surface area contributed by atoms with Gasteiger partial charge in [-0.25, -0.2) is 18.0 Å². The molecule has 3 aliphatic heterocycles. The summed E-state index contributed by atoms with van der Waals surface area (Å²) in [5.41, 5.74) is -0.496. The second-order valence-electron chi connectivity index (χ2n) is 17.2. The molecular formula is C40H58N6O10S. The van der Waals surface area contributed by atoms with Crippen molar-refractivity contribution >= 4 is 39.9 Å². The number of nitrogens with zero attached hydrogens (tertiary/aromatic N) is 2. The third kappa shape index (κ3) is 10.8. The number of hydrogen-bond acceptors (Lipinski definition) is 11.